The third-order valence-corrected chi connectivity index (χ3v) is 5.43. The Morgan fingerprint density at radius 1 is 1.06 bits per heavy atom. The minimum atomic E-state index is -0.585. The van der Waals surface area contributed by atoms with Crippen molar-refractivity contribution in [2.24, 2.45) is 0 Å². The standard InChI is InChI=1S/C25H28FN5O3/c1-25(2,3)34-24(33)22-6-7-23(29-28-22)31-10-8-30(9-11-31)16-17-4-5-20(21(26)12-17)18-13-19(32)15-27-14-18/h4-7,12-15,32H,8-11,16H2,1-3H3. The number of aromatic nitrogens is 3. The molecule has 1 saturated heterocycles. The SMILES string of the molecule is CC(C)(C)OC(=O)c1ccc(N2CCN(Cc3ccc(-c4cncc(O)c4)c(F)c3)CC2)nn1. The second-order valence-corrected chi connectivity index (χ2v) is 9.29. The second-order valence-electron chi connectivity index (χ2n) is 9.29. The molecule has 0 amide bonds. The van der Waals surface area contributed by atoms with E-state index in [0.29, 0.717) is 23.5 Å². The van der Waals surface area contributed by atoms with Gasteiger partial charge in [-0.25, -0.2) is 9.18 Å². The van der Waals surface area contributed by atoms with E-state index in [1.165, 1.54) is 24.5 Å². The maximum atomic E-state index is 14.7. The Labute approximate surface area is 198 Å². The summed E-state index contributed by atoms with van der Waals surface area (Å²) in [7, 11) is 0. The molecule has 2 aromatic heterocycles. The number of hydrogen-bond donors (Lipinski definition) is 1. The predicted molar refractivity (Wildman–Crippen MR) is 126 cm³/mol. The summed E-state index contributed by atoms with van der Waals surface area (Å²) >= 11 is 0. The van der Waals surface area contributed by atoms with Crippen molar-refractivity contribution in [2.75, 3.05) is 31.1 Å². The van der Waals surface area contributed by atoms with E-state index in [4.69, 9.17) is 4.74 Å². The molecule has 0 spiro atoms. The van der Waals surface area contributed by atoms with Gasteiger partial charge in [0, 0.05) is 50.0 Å². The summed E-state index contributed by atoms with van der Waals surface area (Å²) in [5.41, 5.74) is 1.43. The van der Waals surface area contributed by atoms with Crippen LogP contribution in [-0.4, -0.2) is 62.9 Å². The lowest BCUT2D eigenvalue weighted by molar-refractivity contribution is 0.00616. The zero-order chi connectivity index (χ0) is 24.3. The fourth-order valence-corrected chi connectivity index (χ4v) is 3.79. The molecule has 1 N–H and O–H groups in total. The zero-order valence-corrected chi connectivity index (χ0v) is 19.5. The van der Waals surface area contributed by atoms with Crippen LogP contribution in [0.3, 0.4) is 0 Å². The van der Waals surface area contributed by atoms with Gasteiger partial charge in [-0.2, -0.15) is 0 Å². The van der Waals surface area contributed by atoms with Crippen molar-refractivity contribution in [3.63, 3.8) is 0 Å². The summed E-state index contributed by atoms with van der Waals surface area (Å²) in [6.45, 7) is 9.12. The minimum absolute atomic E-state index is 0.00279. The van der Waals surface area contributed by atoms with Crippen LogP contribution >= 0.6 is 0 Å². The van der Waals surface area contributed by atoms with Gasteiger partial charge in [-0.15, -0.1) is 10.2 Å². The Hall–Kier alpha value is -3.59. The quantitative estimate of drug-likeness (QED) is 0.571. The van der Waals surface area contributed by atoms with Gasteiger partial charge in [0.05, 0.1) is 6.20 Å². The number of benzene rings is 1. The molecule has 1 fully saturated rings. The van der Waals surface area contributed by atoms with Crippen LogP contribution in [0.2, 0.25) is 0 Å². The maximum Gasteiger partial charge on any atom is 0.359 e. The molecule has 0 atom stereocenters. The van der Waals surface area contributed by atoms with Crippen LogP contribution in [0.5, 0.6) is 5.75 Å². The lowest BCUT2D eigenvalue weighted by Gasteiger charge is -2.35. The highest BCUT2D eigenvalue weighted by atomic mass is 19.1. The molecule has 4 rings (SSSR count). The number of ether oxygens (including phenoxy) is 1. The minimum Gasteiger partial charge on any atom is -0.506 e. The van der Waals surface area contributed by atoms with Crippen molar-refractivity contribution < 1.29 is 19.0 Å². The second kappa shape index (κ2) is 9.72. The molecule has 1 aliphatic rings. The molecule has 34 heavy (non-hydrogen) atoms. The Kier molecular flexibility index (Phi) is 6.74. The molecule has 3 aromatic rings. The molecule has 0 unspecified atom stereocenters. The molecule has 3 heterocycles. The number of piperazine rings is 1. The monoisotopic (exact) mass is 465 g/mol. The largest absolute Gasteiger partial charge is 0.506 e. The van der Waals surface area contributed by atoms with E-state index in [1.54, 1.807) is 39.0 Å². The average molecular weight is 466 g/mol. The maximum absolute atomic E-state index is 14.7. The van der Waals surface area contributed by atoms with Crippen LogP contribution in [0.1, 0.15) is 36.8 Å². The van der Waals surface area contributed by atoms with Gasteiger partial charge in [-0.05, 0) is 50.6 Å². The average Bonchev–Trinajstić information content (AvgIpc) is 2.79. The van der Waals surface area contributed by atoms with Gasteiger partial charge in [0.2, 0.25) is 0 Å². The van der Waals surface area contributed by atoms with Crippen molar-refractivity contribution in [1.29, 1.82) is 0 Å². The molecule has 9 heteroatoms. The number of anilines is 1. The summed E-state index contributed by atoms with van der Waals surface area (Å²) in [6, 6.07) is 10.1. The van der Waals surface area contributed by atoms with Crippen molar-refractivity contribution in [1.82, 2.24) is 20.1 Å². The molecular weight excluding hydrogens is 437 g/mol. The van der Waals surface area contributed by atoms with E-state index in [2.05, 4.69) is 25.0 Å². The van der Waals surface area contributed by atoms with Gasteiger partial charge in [-0.3, -0.25) is 9.88 Å². The van der Waals surface area contributed by atoms with Crippen LogP contribution in [0, 0.1) is 5.82 Å². The number of halogens is 1. The highest BCUT2D eigenvalue weighted by Crippen LogP contribution is 2.26. The number of aromatic hydroxyl groups is 1. The molecule has 0 radical (unpaired) electrons. The van der Waals surface area contributed by atoms with Crippen LogP contribution < -0.4 is 4.90 Å². The Morgan fingerprint density at radius 3 is 2.44 bits per heavy atom. The molecule has 1 aliphatic heterocycles. The van der Waals surface area contributed by atoms with E-state index >= 15 is 0 Å². The van der Waals surface area contributed by atoms with Crippen molar-refractivity contribution in [3.8, 4) is 16.9 Å². The highest BCUT2D eigenvalue weighted by molar-refractivity contribution is 5.87. The smallest absolute Gasteiger partial charge is 0.359 e. The van der Waals surface area contributed by atoms with E-state index < -0.39 is 11.6 Å². The fourth-order valence-electron chi connectivity index (χ4n) is 3.79. The Morgan fingerprint density at radius 2 is 1.82 bits per heavy atom. The summed E-state index contributed by atoms with van der Waals surface area (Å²) in [4.78, 5) is 20.4. The van der Waals surface area contributed by atoms with E-state index in [9.17, 15) is 14.3 Å². The van der Waals surface area contributed by atoms with Gasteiger partial charge in [0.25, 0.3) is 0 Å². The Balaban J connectivity index is 1.33. The van der Waals surface area contributed by atoms with E-state index in [1.807, 2.05) is 6.07 Å². The lowest BCUT2D eigenvalue weighted by Crippen LogP contribution is -2.46. The number of carbonyl (C=O) groups excluding carboxylic acids is 1. The highest BCUT2D eigenvalue weighted by Gasteiger charge is 2.22. The molecule has 1 aromatic carbocycles. The summed E-state index contributed by atoms with van der Waals surface area (Å²) < 4.78 is 20.0. The summed E-state index contributed by atoms with van der Waals surface area (Å²) in [5, 5.41) is 17.8. The number of esters is 1. The van der Waals surface area contributed by atoms with Crippen LogP contribution in [-0.2, 0) is 11.3 Å². The third-order valence-electron chi connectivity index (χ3n) is 5.43. The zero-order valence-electron chi connectivity index (χ0n) is 19.5. The molecule has 0 bridgehead atoms. The first kappa shape index (κ1) is 23.6. The van der Waals surface area contributed by atoms with Gasteiger partial charge in [0.15, 0.2) is 11.5 Å². The lowest BCUT2D eigenvalue weighted by atomic mass is 10.0. The van der Waals surface area contributed by atoms with E-state index in [-0.39, 0.29) is 17.3 Å². The van der Waals surface area contributed by atoms with Gasteiger partial charge >= 0.3 is 5.97 Å². The topological polar surface area (TPSA) is 91.7 Å². The van der Waals surface area contributed by atoms with E-state index in [0.717, 1.165) is 31.7 Å². The summed E-state index contributed by atoms with van der Waals surface area (Å²) in [6.07, 6.45) is 2.84. The number of carbonyl (C=O) groups is 1. The third kappa shape index (κ3) is 5.85. The van der Waals surface area contributed by atoms with Crippen LogP contribution in [0.4, 0.5) is 10.2 Å². The molecular formula is C25H28FN5O3. The number of pyridine rings is 1. The van der Waals surface area contributed by atoms with Crippen molar-refractivity contribution >= 4 is 11.8 Å². The molecule has 0 saturated carbocycles. The first-order valence-corrected chi connectivity index (χ1v) is 11.2. The molecule has 0 aliphatic carbocycles. The first-order valence-electron chi connectivity index (χ1n) is 11.2. The normalized spacial score (nSPS) is 14.8. The van der Waals surface area contributed by atoms with Gasteiger partial charge in [0.1, 0.15) is 17.2 Å². The van der Waals surface area contributed by atoms with Crippen LogP contribution in [0.15, 0.2) is 48.8 Å². The Bertz CT molecular complexity index is 1160. The molecule has 8 nitrogen and oxygen atoms in total. The van der Waals surface area contributed by atoms with Crippen molar-refractivity contribution in [2.45, 2.75) is 32.9 Å². The number of nitrogens with zero attached hydrogens (tertiary/aromatic N) is 5. The summed E-state index contributed by atoms with van der Waals surface area (Å²) in [5.74, 6) is -0.121. The number of hydrogen-bond acceptors (Lipinski definition) is 8. The van der Waals surface area contributed by atoms with Crippen molar-refractivity contribution in [3.05, 3.63) is 65.9 Å². The van der Waals surface area contributed by atoms with Crippen LogP contribution in [0.25, 0.3) is 11.1 Å². The molecule has 178 valence electrons. The fraction of sp³-hybridized carbons (Fsp3) is 0.360. The first-order chi connectivity index (χ1) is 16.2. The van der Waals surface area contributed by atoms with Gasteiger partial charge < -0.3 is 14.7 Å². The number of rotatable bonds is 5. The van der Waals surface area contributed by atoms with Gasteiger partial charge in [-0.1, -0.05) is 12.1 Å². The predicted octanol–water partition coefficient (Wildman–Crippen LogP) is 3.66.